The number of carbonyl (C=O) groups excluding carboxylic acids is 1. The van der Waals surface area contributed by atoms with E-state index in [1.807, 2.05) is 23.9 Å². The summed E-state index contributed by atoms with van der Waals surface area (Å²) >= 11 is 1.93. The molecule has 5 rings (SSSR count). The lowest BCUT2D eigenvalue weighted by molar-refractivity contribution is 0.0526. The third-order valence-corrected chi connectivity index (χ3v) is 7.16. The number of esters is 1. The quantitative estimate of drug-likeness (QED) is 0.360. The Kier molecular flexibility index (Phi) is 6.44. The number of fused-ring (bicyclic) bond motifs is 1. The minimum absolute atomic E-state index is 0.320. The Morgan fingerprint density at radius 2 is 1.82 bits per heavy atom. The first-order valence-corrected chi connectivity index (χ1v) is 12.2. The van der Waals surface area contributed by atoms with Crippen LogP contribution in [0, 0.1) is 6.92 Å². The van der Waals surface area contributed by atoms with Crippen LogP contribution in [0.15, 0.2) is 58.1 Å². The van der Waals surface area contributed by atoms with E-state index in [-0.39, 0.29) is 5.97 Å². The molecule has 1 aliphatic heterocycles. The van der Waals surface area contributed by atoms with E-state index in [1.165, 1.54) is 10.5 Å². The van der Waals surface area contributed by atoms with Gasteiger partial charge in [-0.2, -0.15) is 0 Å². The first-order chi connectivity index (χ1) is 16.6. The molecule has 8 nitrogen and oxygen atoms in total. The van der Waals surface area contributed by atoms with Crippen LogP contribution in [0.25, 0.3) is 22.6 Å². The average Bonchev–Trinajstić information content (AvgIpc) is 3.33. The molecule has 0 radical (unpaired) electrons. The van der Waals surface area contributed by atoms with Gasteiger partial charge in [-0.05, 0) is 61.3 Å². The van der Waals surface area contributed by atoms with Gasteiger partial charge in [-0.3, -0.25) is 0 Å². The highest BCUT2D eigenvalue weighted by molar-refractivity contribution is 8.00. The van der Waals surface area contributed by atoms with Gasteiger partial charge in [0.1, 0.15) is 5.69 Å². The second-order valence-electron chi connectivity index (χ2n) is 8.23. The van der Waals surface area contributed by atoms with Crippen molar-refractivity contribution in [1.82, 2.24) is 20.3 Å². The van der Waals surface area contributed by atoms with Gasteiger partial charge in [-0.1, -0.05) is 29.8 Å². The van der Waals surface area contributed by atoms with E-state index in [0.717, 1.165) is 37.3 Å². The van der Waals surface area contributed by atoms with Crippen LogP contribution in [0.3, 0.4) is 0 Å². The third-order valence-electron chi connectivity index (χ3n) is 5.81. The molecular formula is C25H25N5O3S. The highest BCUT2D eigenvalue weighted by Gasteiger charge is 2.26. The second-order valence-corrected chi connectivity index (χ2v) is 9.60. The zero-order valence-electron chi connectivity index (χ0n) is 19.1. The number of aromatic nitrogens is 4. The summed E-state index contributed by atoms with van der Waals surface area (Å²) < 4.78 is 10.0. The number of hydrogen-bond acceptors (Lipinski definition) is 9. The molecule has 3 heterocycles. The van der Waals surface area contributed by atoms with Crippen molar-refractivity contribution in [3.63, 3.8) is 0 Å². The number of benzene rings is 2. The molecule has 0 spiro atoms. The van der Waals surface area contributed by atoms with E-state index in [2.05, 4.69) is 46.4 Å². The number of thioether (sulfide) groups is 1. The van der Waals surface area contributed by atoms with Gasteiger partial charge in [0, 0.05) is 28.8 Å². The first kappa shape index (κ1) is 22.3. The Hall–Kier alpha value is -3.46. The Labute approximate surface area is 201 Å². The zero-order chi connectivity index (χ0) is 23.5. The molecule has 0 N–H and O–H groups in total. The number of nitrogens with zero attached hydrogens (tertiary/aromatic N) is 5. The molecule has 0 saturated carbocycles. The van der Waals surface area contributed by atoms with Gasteiger partial charge in [-0.25, -0.2) is 19.4 Å². The van der Waals surface area contributed by atoms with Crippen molar-refractivity contribution in [2.45, 2.75) is 36.8 Å². The van der Waals surface area contributed by atoms with E-state index in [0.29, 0.717) is 34.4 Å². The average molecular weight is 476 g/mol. The van der Waals surface area contributed by atoms with Crippen molar-refractivity contribution in [1.29, 1.82) is 0 Å². The highest BCUT2D eigenvalue weighted by atomic mass is 32.2. The molecule has 2 aromatic heterocycles. The summed E-state index contributed by atoms with van der Waals surface area (Å²) in [5.74, 6) is 0.361. The summed E-state index contributed by atoms with van der Waals surface area (Å²) in [4.78, 5) is 25.3. The summed E-state index contributed by atoms with van der Waals surface area (Å²) in [5, 5.41) is 8.30. The van der Waals surface area contributed by atoms with Crippen LogP contribution in [0.2, 0.25) is 0 Å². The lowest BCUT2D eigenvalue weighted by atomic mass is 10.1. The number of rotatable bonds is 6. The monoisotopic (exact) mass is 475 g/mol. The number of anilines is 1. The molecule has 2 aromatic carbocycles. The Balaban J connectivity index is 1.40. The lowest BCUT2D eigenvalue weighted by Crippen LogP contribution is -2.35. The Bertz CT molecular complexity index is 1300. The third kappa shape index (κ3) is 4.75. The van der Waals surface area contributed by atoms with Gasteiger partial charge in [0.15, 0.2) is 5.82 Å². The van der Waals surface area contributed by atoms with E-state index >= 15 is 0 Å². The van der Waals surface area contributed by atoms with Gasteiger partial charge in [0.25, 0.3) is 0 Å². The molecule has 174 valence electrons. The van der Waals surface area contributed by atoms with Crippen LogP contribution in [0.1, 0.15) is 35.7 Å². The number of carbonyl (C=O) groups is 1. The molecule has 0 aliphatic carbocycles. The molecule has 9 heteroatoms. The Morgan fingerprint density at radius 3 is 2.56 bits per heavy atom. The molecule has 34 heavy (non-hydrogen) atoms. The highest BCUT2D eigenvalue weighted by Crippen LogP contribution is 2.35. The maximum atomic E-state index is 12.3. The zero-order valence-corrected chi connectivity index (χ0v) is 19.9. The molecule has 1 fully saturated rings. The van der Waals surface area contributed by atoms with Crippen molar-refractivity contribution in [2.75, 3.05) is 24.6 Å². The molecule has 0 bridgehead atoms. The fraction of sp³-hybridized carbons (Fsp3) is 0.320. The molecule has 4 aromatic rings. The SMILES string of the molecule is CCOC(=O)c1cccc(-c2nc3nonc3nc2N2CCC(Sc3ccc(C)cc3)CC2)c1. The number of aryl methyl sites for hydroxylation is 1. The van der Waals surface area contributed by atoms with Crippen LogP contribution < -0.4 is 4.90 Å². The fourth-order valence-electron chi connectivity index (χ4n) is 4.05. The Morgan fingerprint density at radius 1 is 1.09 bits per heavy atom. The van der Waals surface area contributed by atoms with Crippen LogP contribution >= 0.6 is 11.8 Å². The number of hydrogen-bond donors (Lipinski definition) is 0. The lowest BCUT2D eigenvalue weighted by Gasteiger charge is -2.33. The van der Waals surface area contributed by atoms with Crippen LogP contribution in [0.4, 0.5) is 5.82 Å². The molecule has 0 atom stereocenters. The molecule has 1 aliphatic rings. The minimum atomic E-state index is -0.364. The van der Waals surface area contributed by atoms with Crippen molar-refractivity contribution < 1.29 is 14.2 Å². The van der Waals surface area contributed by atoms with Crippen LogP contribution in [-0.2, 0) is 4.74 Å². The van der Waals surface area contributed by atoms with Gasteiger partial charge in [-0.15, -0.1) is 11.8 Å². The predicted molar refractivity (Wildman–Crippen MR) is 131 cm³/mol. The second kappa shape index (κ2) is 9.80. The summed E-state index contributed by atoms with van der Waals surface area (Å²) in [5.41, 5.74) is 3.88. The van der Waals surface area contributed by atoms with Crippen molar-refractivity contribution in [2.24, 2.45) is 0 Å². The van der Waals surface area contributed by atoms with E-state index in [4.69, 9.17) is 19.3 Å². The van der Waals surface area contributed by atoms with Crippen LogP contribution in [0.5, 0.6) is 0 Å². The molecule has 0 amide bonds. The van der Waals surface area contributed by atoms with Crippen LogP contribution in [-0.4, -0.2) is 51.2 Å². The summed E-state index contributed by atoms with van der Waals surface area (Å²) in [6.45, 7) is 5.91. The maximum Gasteiger partial charge on any atom is 0.338 e. The fourth-order valence-corrected chi connectivity index (χ4v) is 5.17. The largest absolute Gasteiger partial charge is 0.462 e. The van der Waals surface area contributed by atoms with Gasteiger partial charge in [0.05, 0.1) is 12.2 Å². The van der Waals surface area contributed by atoms with Gasteiger partial charge < -0.3 is 9.64 Å². The topological polar surface area (TPSA) is 94.2 Å². The van der Waals surface area contributed by atoms with Gasteiger partial charge >= 0.3 is 5.97 Å². The van der Waals surface area contributed by atoms with Gasteiger partial charge in [0.2, 0.25) is 11.3 Å². The first-order valence-electron chi connectivity index (χ1n) is 11.4. The summed E-state index contributed by atoms with van der Waals surface area (Å²) in [6.07, 6.45) is 2.05. The normalized spacial score (nSPS) is 14.5. The van der Waals surface area contributed by atoms with E-state index in [9.17, 15) is 4.79 Å². The maximum absolute atomic E-state index is 12.3. The number of ether oxygens (including phenoxy) is 1. The molecule has 0 unspecified atom stereocenters. The van der Waals surface area contributed by atoms with Crippen molar-refractivity contribution in [3.05, 3.63) is 59.7 Å². The van der Waals surface area contributed by atoms with Crippen molar-refractivity contribution in [3.8, 4) is 11.3 Å². The minimum Gasteiger partial charge on any atom is -0.462 e. The number of piperidine rings is 1. The molecular weight excluding hydrogens is 450 g/mol. The standard InChI is InChI=1S/C25H25N5O3S/c1-3-32-25(31)18-6-4-5-17(15-18)21-24(27-23-22(26-21)28-33-29-23)30-13-11-20(12-14-30)34-19-9-7-16(2)8-10-19/h4-10,15,20H,3,11-14H2,1-2H3. The summed E-state index contributed by atoms with van der Waals surface area (Å²) in [7, 11) is 0. The predicted octanol–water partition coefficient (Wildman–Crippen LogP) is 4.93. The molecule has 1 saturated heterocycles. The van der Waals surface area contributed by atoms with E-state index in [1.54, 1.807) is 19.1 Å². The smallest absolute Gasteiger partial charge is 0.338 e. The van der Waals surface area contributed by atoms with Crippen molar-refractivity contribution >= 4 is 34.8 Å². The summed E-state index contributed by atoms with van der Waals surface area (Å²) in [6, 6.07) is 16.0. The van der Waals surface area contributed by atoms with E-state index < -0.39 is 0 Å².